The number of benzene rings is 1. The average Bonchev–Trinajstić information content (AvgIpc) is 3.25. The molecular weight excluding hydrogens is 412 g/mol. The van der Waals surface area contributed by atoms with Gasteiger partial charge in [0.25, 0.3) is 0 Å². The smallest absolute Gasteiger partial charge is 0.238 e. The highest BCUT2D eigenvalue weighted by molar-refractivity contribution is 6.30. The lowest BCUT2D eigenvalue weighted by atomic mass is 9.96. The monoisotopic (exact) mass is 444 g/mol. The molecule has 2 aliphatic rings. The maximum Gasteiger partial charge on any atom is 0.238 e. The highest BCUT2D eigenvalue weighted by Gasteiger charge is 2.33. The molecule has 0 saturated carbocycles. The summed E-state index contributed by atoms with van der Waals surface area (Å²) in [6, 6.07) is 8.02. The van der Waals surface area contributed by atoms with Crippen LogP contribution in [0.5, 0.6) is 0 Å². The van der Waals surface area contributed by atoms with Crippen molar-refractivity contribution in [3.63, 3.8) is 0 Å². The molecule has 2 aromatic rings. The minimum absolute atomic E-state index is 0.0637. The number of piperidine rings is 2. The number of hydrogen-bond acceptors (Lipinski definition) is 5. The molecule has 0 unspecified atom stereocenters. The predicted molar refractivity (Wildman–Crippen MR) is 121 cm³/mol. The first-order chi connectivity index (χ1) is 15.0. The van der Waals surface area contributed by atoms with E-state index in [0.717, 1.165) is 69.2 Å². The van der Waals surface area contributed by atoms with Gasteiger partial charge in [0.2, 0.25) is 17.7 Å². The van der Waals surface area contributed by atoms with E-state index in [1.807, 2.05) is 17.0 Å². The summed E-state index contributed by atoms with van der Waals surface area (Å²) in [7, 11) is 0. The first-order valence-electron chi connectivity index (χ1n) is 11.6. The van der Waals surface area contributed by atoms with E-state index >= 15 is 0 Å². The zero-order chi connectivity index (χ0) is 21.8. The van der Waals surface area contributed by atoms with Gasteiger partial charge in [-0.05, 0) is 68.8 Å². The molecule has 0 N–H and O–H groups in total. The SMILES string of the molecule is CC(C)CC(=O)N1CCCC[C@H]1c1nnc(C2CCN(Cc3ccc(Cl)cc3)CC2)o1. The van der Waals surface area contributed by atoms with Crippen molar-refractivity contribution >= 4 is 17.5 Å². The van der Waals surface area contributed by atoms with Crippen LogP contribution in [0.15, 0.2) is 28.7 Å². The Morgan fingerprint density at radius 3 is 2.48 bits per heavy atom. The summed E-state index contributed by atoms with van der Waals surface area (Å²) >= 11 is 5.99. The number of amides is 1. The Balaban J connectivity index is 1.35. The second kappa shape index (κ2) is 10.1. The van der Waals surface area contributed by atoms with Crippen molar-refractivity contribution in [2.75, 3.05) is 19.6 Å². The Hall–Kier alpha value is -1.92. The van der Waals surface area contributed by atoms with Gasteiger partial charge in [-0.15, -0.1) is 10.2 Å². The Labute approximate surface area is 190 Å². The Morgan fingerprint density at radius 2 is 1.77 bits per heavy atom. The van der Waals surface area contributed by atoms with Crippen LogP contribution < -0.4 is 0 Å². The molecule has 31 heavy (non-hydrogen) atoms. The largest absolute Gasteiger partial charge is 0.423 e. The quantitative estimate of drug-likeness (QED) is 0.612. The zero-order valence-corrected chi connectivity index (χ0v) is 19.4. The van der Waals surface area contributed by atoms with E-state index in [1.165, 1.54) is 5.56 Å². The van der Waals surface area contributed by atoms with Crippen LogP contribution in [0.3, 0.4) is 0 Å². The predicted octanol–water partition coefficient (Wildman–Crippen LogP) is 5.20. The molecule has 0 radical (unpaired) electrons. The third kappa shape index (κ3) is 5.66. The lowest BCUT2D eigenvalue weighted by Gasteiger charge is -2.34. The molecular formula is C24H33ClN4O2. The zero-order valence-electron chi connectivity index (χ0n) is 18.6. The molecule has 1 aromatic carbocycles. The number of carbonyl (C=O) groups is 1. The highest BCUT2D eigenvalue weighted by atomic mass is 35.5. The third-order valence-corrected chi connectivity index (χ3v) is 6.66. The summed E-state index contributed by atoms with van der Waals surface area (Å²) in [5, 5.41) is 9.56. The van der Waals surface area contributed by atoms with Crippen molar-refractivity contribution < 1.29 is 9.21 Å². The third-order valence-electron chi connectivity index (χ3n) is 6.40. The van der Waals surface area contributed by atoms with Crippen molar-refractivity contribution in [2.24, 2.45) is 5.92 Å². The van der Waals surface area contributed by atoms with E-state index in [4.69, 9.17) is 16.0 Å². The van der Waals surface area contributed by atoms with Gasteiger partial charge < -0.3 is 9.32 Å². The Bertz CT molecular complexity index is 859. The van der Waals surface area contributed by atoms with Crippen LogP contribution in [0.25, 0.3) is 0 Å². The van der Waals surface area contributed by atoms with Crippen LogP contribution >= 0.6 is 11.6 Å². The van der Waals surface area contributed by atoms with E-state index < -0.39 is 0 Å². The second-order valence-corrected chi connectivity index (χ2v) is 9.79. The van der Waals surface area contributed by atoms with Gasteiger partial charge in [0.05, 0.1) is 0 Å². The van der Waals surface area contributed by atoms with Gasteiger partial charge in [0, 0.05) is 30.5 Å². The minimum Gasteiger partial charge on any atom is -0.423 e. The molecule has 1 atom stereocenters. The van der Waals surface area contributed by atoms with Crippen LogP contribution in [-0.2, 0) is 11.3 Å². The van der Waals surface area contributed by atoms with Crippen molar-refractivity contribution in [1.29, 1.82) is 0 Å². The van der Waals surface area contributed by atoms with E-state index in [9.17, 15) is 4.79 Å². The van der Waals surface area contributed by atoms with Gasteiger partial charge in [-0.1, -0.05) is 37.6 Å². The number of nitrogens with zero attached hydrogens (tertiary/aromatic N) is 4. The summed E-state index contributed by atoms with van der Waals surface area (Å²) < 4.78 is 6.17. The molecule has 0 spiro atoms. The van der Waals surface area contributed by atoms with E-state index in [-0.39, 0.29) is 11.9 Å². The van der Waals surface area contributed by atoms with Crippen LogP contribution in [0.2, 0.25) is 5.02 Å². The van der Waals surface area contributed by atoms with E-state index in [1.54, 1.807) is 0 Å². The van der Waals surface area contributed by atoms with Crippen molar-refractivity contribution in [3.05, 3.63) is 46.6 Å². The summed E-state index contributed by atoms with van der Waals surface area (Å²) in [5.74, 6) is 2.21. The molecule has 0 bridgehead atoms. The van der Waals surface area contributed by atoms with Crippen molar-refractivity contribution in [2.45, 2.75) is 70.9 Å². The molecule has 3 heterocycles. The number of halogens is 1. The fraction of sp³-hybridized carbons (Fsp3) is 0.625. The molecule has 6 nitrogen and oxygen atoms in total. The van der Waals surface area contributed by atoms with Crippen LogP contribution in [0.1, 0.15) is 81.7 Å². The first kappa shape index (κ1) is 22.3. The molecule has 2 fully saturated rings. The van der Waals surface area contributed by atoms with Crippen LogP contribution in [-0.4, -0.2) is 45.5 Å². The summed E-state index contributed by atoms with van der Waals surface area (Å²) in [5.41, 5.74) is 1.28. The minimum atomic E-state index is -0.0637. The van der Waals surface area contributed by atoms with Crippen LogP contribution in [0, 0.1) is 5.92 Å². The van der Waals surface area contributed by atoms with E-state index in [2.05, 4.69) is 41.1 Å². The number of hydrogen-bond donors (Lipinski definition) is 0. The first-order valence-corrected chi connectivity index (χ1v) is 12.0. The highest BCUT2D eigenvalue weighted by Crippen LogP contribution is 2.34. The molecule has 1 aromatic heterocycles. The van der Waals surface area contributed by atoms with Gasteiger partial charge in [-0.2, -0.15) is 0 Å². The van der Waals surface area contributed by atoms with Gasteiger partial charge in [0.1, 0.15) is 6.04 Å². The average molecular weight is 445 g/mol. The molecule has 0 aliphatic carbocycles. The molecule has 2 aliphatic heterocycles. The fourth-order valence-electron chi connectivity index (χ4n) is 4.69. The van der Waals surface area contributed by atoms with Gasteiger partial charge in [-0.3, -0.25) is 9.69 Å². The standard InChI is InChI=1S/C24H33ClN4O2/c1-17(2)15-22(30)29-12-4-3-5-21(29)24-27-26-23(31-24)19-10-13-28(14-11-19)16-18-6-8-20(25)9-7-18/h6-9,17,19,21H,3-5,10-16H2,1-2H3/t21-/m0/s1. The van der Waals surface area contributed by atoms with Gasteiger partial charge in [-0.25, -0.2) is 0 Å². The maximum atomic E-state index is 12.7. The summed E-state index contributed by atoms with van der Waals surface area (Å²) in [4.78, 5) is 17.2. The number of rotatable bonds is 6. The summed E-state index contributed by atoms with van der Waals surface area (Å²) in [6.07, 6.45) is 5.64. The molecule has 168 valence electrons. The summed E-state index contributed by atoms with van der Waals surface area (Å²) in [6.45, 7) is 7.91. The molecule has 7 heteroatoms. The van der Waals surface area contributed by atoms with Crippen LogP contribution in [0.4, 0.5) is 0 Å². The Morgan fingerprint density at radius 1 is 1.06 bits per heavy atom. The van der Waals surface area contributed by atoms with Crippen molar-refractivity contribution in [1.82, 2.24) is 20.0 Å². The normalized spacial score (nSPS) is 21.0. The molecule has 2 saturated heterocycles. The lowest BCUT2D eigenvalue weighted by molar-refractivity contribution is -0.136. The van der Waals surface area contributed by atoms with Crippen molar-refractivity contribution in [3.8, 4) is 0 Å². The molecule has 4 rings (SSSR count). The topological polar surface area (TPSA) is 62.5 Å². The van der Waals surface area contributed by atoms with E-state index in [0.29, 0.717) is 24.1 Å². The fourth-order valence-corrected chi connectivity index (χ4v) is 4.81. The Kier molecular flexibility index (Phi) is 7.28. The second-order valence-electron chi connectivity index (χ2n) is 9.35. The van der Waals surface area contributed by atoms with Gasteiger partial charge >= 0.3 is 0 Å². The number of carbonyl (C=O) groups excluding carboxylic acids is 1. The number of aromatic nitrogens is 2. The number of likely N-dealkylation sites (tertiary alicyclic amines) is 2. The maximum absolute atomic E-state index is 12.7. The van der Waals surface area contributed by atoms with Gasteiger partial charge in [0.15, 0.2) is 0 Å². The lowest BCUT2D eigenvalue weighted by Crippen LogP contribution is -2.39. The molecule has 1 amide bonds.